The van der Waals surface area contributed by atoms with Gasteiger partial charge in [0.2, 0.25) is 5.91 Å². The monoisotopic (exact) mass is 366 g/mol. The van der Waals surface area contributed by atoms with Gasteiger partial charge in [-0.2, -0.15) is 5.26 Å². The number of fused-ring (bicyclic) bond motifs is 1. The van der Waals surface area contributed by atoms with Crippen molar-refractivity contribution in [3.05, 3.63) is 53.1 Å². The largest absolute Gasteiger partial charge is 0.496 e. The predicted octanol–water partition coefficient (Wildman–Crippen LogP) is 3.80. The number of hydrogen-bond acceptors (Lipinski definition) is 5. The molecule has 0 spiro atoms. The molecule has 0 bridgehead atoms. The van der Waals surface area contributed by atoms with Gasteiger partial charge >= 0.3 is 0 Å². The molecule has 0 saturated carbocycles. The lowest BCUT2D eigenvalue weighted by Gasteiger charge is -2.33. The van der Waals surface area contributed by atoms with Crippen molar-refractivity contribution in [3.63, 3.8) is 0 Å². The average molecular weight is 366 g/mol. The Hall–Kier alpha value is -2.78. The maximum absolute atomic E-state index is 12.8. The highest BCUT2D eigenvalue weighted by atomic mass is 32.2. The van der Waals surface area contributed by atoms with Gasteiger partial charge in [-0.1, -0.05) is 0 Å². The summed E-state index contributed by atoms with van der Waals surface area (Å²) < 4.78 is 5.41. The number of thioether (sulfide) groups is 1. The van der Waals surface area contributed by atoms with Crippen LogP contribution in [0.15, 0.2) is 41.3 Å². The second kappa shape index (κ2) is 7.22. The molecular formula is C20H18N2O3S. The molecule has 1 unspecified atom stereocenters. The Morgan fingerprint density at radius 1 is 1.31 bits per heavy atom. The quantitative estimate of drug-likeness (QED) is 0.770. The highest BCUT2D eigenvalue weighted by Crippen LogP contribution is 2.41. The Labute approximate surface area is 156 Å². The number of ether oxygens (including phenoxy) is 1. The van der Waals surface area contributed by atoms with E-state index in [4.69, 9.17) is 4.74 Å². The van der Waals surface area contributed by atoms with E-state index in [-0.39, 0.29) is 23.5 Å². The molecule has 5 nitrogen and oxygen atoms in total. The highest BCUT2D eigenvalue weighted by molar-refractivity contribution is 8.00. The fourth-order valence-electron chi connectivity index (χ4n) is 2.93. The number of benzene rings is 2. The van der Waals surface area contributed by atoms with E-state index in [2.05, 4.69) is 6.07 Å². The number of carbonyl (C=O) groups excluding carboxylic acids is 2. The van der Waals surface area contributed by atoms with E-state index < -0.39 is 0 Å². The van der Waals surface area contributed by atoms with E-state index in [1.54, 1.807) is 42.3 Å². The van der Waals surface area contributed by atoms with Crippen LogP contribution in [0, 0.1) is 11.3 Å². The van der Waals surface area contributed by atoms with Crippen LogP contribution in [-0.4, -0.2) is 24.1 Å². The van der Waals surface area contributed by atoms with E-state index in [1.807, 2.05) is 13.0 Å². The Morgan fingerprint density at radius 3 is 2.73 bits per heavy atom. The molecule has 1 amide bonds. The molecule has 1 heterocycles. The normalized spacial score (nSPS) is 16.0. The number of hydrogen-bond donors (Lipinski definition) is 0. The first-order valence-electron chi connectivity index (χ1n) is 8.14. The zero-order chi connectivity index (χ0) is 18.8. The first-order chi connectivity index (χ1) is 12.4. The Bertz CT molecular complexity index is 933. The van der Waals surface area contributed by atoms with Gasteiger partial charge in [-0.15, -0.1) is 11.8 Å². The van der Waals surface area contributed by atoms with Crippen LogP contribution in [0.5, 0.6) is 5.75 Å². The number of nitrogens with zero attached hydrogens (tertiary/aromatic N) is 2. The number of carbonyl (C=O) groups is 2. The summed E-state index contributed by atoms with van der Waals surface area (Å²) in [4.78, 5) is 27.2. The number of anilines is 1. The summed E-state index contributed by atoms with van der Waals surface area (Å²) in [6, 6.07) is 12.7. The first-order valence-corrected chi connectivity index (χ1v) is 9.02. The van der Waals surface area contributed by atoms with Crippen LogP contribution in [0.2, 0.25) is 0 Å². The van der Waals surface area contributed by atoms with E-state index >= 15 is 0 Å². The van der Waals surface area contributed by atoms with Crippen LogP contribution in [0.3, 0.4) is 0 Å². The van der Waals surface area contributed by atoms with Crippen LogP contribution in [0.1, 0.15) is 35.3 Å². The lowest BCUT2D eigenvalue weighted by Crippen LogP contribution is -2.39. The molecule has 1 aliphatic rings. The number of nitriles is 1. The molecule has 0 fully saturated rings. The fraction of sp³-hybridized carbons (Fsp3) is 0.250. The molecule has 1 aliphatic heterocycles. The summed E-state index contributed by atoms with van der Waals surface area (Å²) >= 11 is 1.49. The lowest BCUT2D eigenvalue weighted by atomic mass is 10.1. The predicted molar refractivity (Wildman–Crippen MR) is 101 cm³/mol. The van der Waals surface area contributed by atoms with E-state index in [1.165, 1.54) is 18.7 Å². The summed E-state index contributed by atoms with van der Waals surface area (Å²) in [5, 5.41) is 8.97. The summed E-state index contributed by atoms with van der Waals surface area (Å²) in [6.07, 6.45) is 0. The van der Waals surface area contributed by atoms with E-state index in [0.29, 0.717) is 22.6 Å². The number of amides is 1. The maximum Gasteiger partial charge on any atom is 0.240 e. The molecule has 6 heteroatoms. The van der Waals surface area contributed by atoms with Gasteiger partial charge in [0.25, 0.3) is 0 Å². The van der Waals surface area contributed by atoms with Crippen molar-refractivity contribution in [1.29, 1.82) is 5.26 Å². The third kappa shape index (κ3) is 3.31. The molecule has 0 radical (unpaired) electrons. The van der Waals surface area contributed by atoms with Crippen LogP contribution in [0.25, 0.3) is 0 Å². The molecule has 0 N–H and O–H groups in total. The topological polar surface area (TPSA) is 70.4 Å². The van der Waals surface area contributed by atoms with Crippen LogP contribution < -0.4 is 9.64 Å². The van der Waals surface area contributed by atoms with Gasteiger partial charge in [-0.25, -0.2) is 0 Å². The maximum atomic E-state index is 12.8. The van der Waals surface area contributed by atoms with Crippen molar-refractivity contribution in [1.82, 2.24) is 0 Å². The minimum atomic E-state index is -0.225. The second-order valence-electron chi connectivity index (χ2n) is 6.06. The molecule has 132 valence electrons. The first kappa shape index (κ1) is 18.0. The van der Waals surface area contributed by atoms with Crippen LogP contribution in [0.4, 0.5) is 5.69 Å². The zero-order valence-corrected chi connectivity index (χ0v) is 15.6. The summed E-state index contributed by atoms with van der Waals surface area (Å²) in [7, 11) is 1.56. The standard InChI is InChI=1S/C20H18N2O3S/c1-12(23)15-5-6-18(25-3)16(9-15)11-22-17-8-14(10-21)4-7-19(17)26-13(2)20(22)24/h4-9,13H,11H2,1-3H3. The van der Waals surface area contributed by atoms with Gasteiger partial charge in [-0.3, -0.25) is 9.59 Å². The van der Waals surface area contributed by atoms with Gasteiger partial charge in [0.1, 0.15) is 5.75 Å². The molecule has 2 aromatic rings. The van der Waals surface area contributed by atoms with Crippen molar-refractivity contribution < 1.29 is 14.3 Å². The third-order valence-corrected chi connectivity index (χ3v) is 5.47. The Kier molecular flexibility index (Phi) is 5.01. The molecule has 0 saturated heterocycles. The van der Waals surface area contributed by atoms with Gasteiger partial charge in [0.15, 0.2) is 5.78 Å². The van der Waals surface area contributed by atoms with Gasteiger partial charge in [0, 0.05) is 16.0 Å². The minimum Gasteiger partial charge on any atom is -0.496 e. The molecule has 0 aromatic heterocycles. The zero-order valence-electron chi connectivity index (χ0n) is 14.8. The molecule has 1 atom stereocenters. The number of Topliss-reactive ketones (excluding diaryl/α,β-unsaturated/α-hetero) is 1. The van der Waals surface area contributed by atoms with Crippen molar-refractivity contribution in [2.45, 2.75) is 30.5 Å². The molecule has 3 rings (SSSR count). The molecular weight excluding hydrogens is 348 g/mol. The SMILES string of the molecule is COc1ccc(C(C)=O)cc1CN1C(=O)C(C)Sc2ccc(C#N)cc21. The third-order valence-electron chi connectivity index (χ3n) is 4.31. The van der Waals surface area contributed by atoms with Crippen LogP contribution >= 0.6 is 11.8 Å². The summed E-state index contributed by atoms with van der Waals surface area (Å²) in [5.41, 5.74) is 2.54. The molecule has 2 aromatic carbocycles. The van der Waals surface area contributed by atoms with Crippen LogP contribution in [-0.2, 0) is 11.3 Å². The van der Waals surface area contributed by atoms with Crippen molar-refractivity contribution in [2.75, 3.05) is 12.0 Å². The molecule has 26 heavy (non-hydrogen) atoms. The number of ketones is 1. The average Bonchev–Trinajstić information content (AvgIpc) is 2.64. The fourth-order valence-corrected chi connectivity index (χ4v) is 3.98. The summed E-state index contributed by atoms with van der Waals surface area (Å²) in [6.45, 7) is 3.64. The Balaban J connectivity index is 2.07. The van der Waals surface area contributed by atoms with Gasteiger partial charge in [0.05, 0.1) is 36.2 Å². The van der Waals surface area contributed by atoms with Gasteiger partial charge in [-0.05, 0) is 50.2 Å². The summed E-state index contributed by atoms with van der Waals surface area (Å²) in [5.74, 6) is 0.537. The second-order valence-corrected chi connectivity index (χ2v) is 7.44. The van der Waals surface area contributed by atoms with Crippen molar-refractivity contribution >= 4 is 29.1 Å². The Morgan fingerprint density at radius 2 is 2.08 bits per heavy atom. The lowest BCUT2D eigenvalue weighted by molar-refractivity contribution is -0.118. The van der Waals surface area contributed by atoms with Crippen molar-refractivity contribution in [3.8, 4) is 11.8 Å². The number of rotatable bonds is 4. The van der Waals surface area contributed by atoms with E-state index in [9.17, 15) is 14.9 Å². The number of methoxy groups -OCH3 is 1. The van der Waals surface area contributed by atoms with Gasteiger partial charge < -0.3 is 9.64 Å². The van der Waals surface area contributed by atoms with Crippen molar-refractivity contribution in [2.24, 2.45) is 0 Å². The molecule has 0 aliphatic carbocycles. The highest BCUT2D eigenvalue weighted by Gasteiger charge is 2.31. The minimum absolute atomic E-state index is 0.0344. The van der Waals surface area contributed by atoms with E-state index in [0.717, 1.165) is 10.5 Å². The smallest absolute Gasteiger partial charge is 0.240 e.